The van der Waals surface area contributed by atoms with Crippen LogP contribution in [0.15, 0.2) is 6.20 Å². The molecule has 1 aromatic heterocycles. The number of morpholine rings is 1. The average molecular weight is 349 g/mol. The van der Waals surface area contributed by atoms with E-state index in [9.17, 15) is 18.0 Å². The number of aromatic nitrogens is 1. The summed E-state index contributed by atoms with van der Waals surface area (Å²) in [5.74, 6) is -0.106. The third kappa shape index (κ3) is 3.77. The maximum absolute atomic E-state index is 12.7. The summed E-state index contributed by atoms with van der Waals surface area (Å²) in [6.45, 7) is 3.33. The summed E-state index contributed by atoms with van der Waals surface area (Å²) in [5.41, 5.74) is 0. The van der Waals surface area contributed by atoms with Gasteiger partial charge >= 0.3 is 6.18 Å². The molecule has 1 aromatic rings. The summed E-state index contributed by atoms with van der Waals surface area (Å²) in [5, 5.41) is 0.344. The Kier molecular flexibility index (Phi) is 4.77. The lowest BCUT2D eigenvalue weighted by Gasteiger charge is -2.36. The van der Waals surface area contributed by atoms with Gasteiger partial charge in [0.25, 0.3) is 0 Å². The van der Waals surface area contributed by atoms with E-state index >= 15 is 0 Å². The van der Waals surface area contributed by atoms with E-state index in [1.54, 1.807) is 9.80 Å². The first-order valence-corrected chi connectivity index (χ1v) is 8.41. The number of anilines is 1. The molecular formula is C14H18F3N3O2S. The normalized spacial score (nSPS) is 23.2. The molecular weight excluding hydrogens is 331 g/mol. The second-order valence-electron chi connectivity index (χ2n) is 5.73. The van der Waals surface area contributed by atoms with Crippen LogP contribution >= 0.6 is 11.3 Å². The van der Waals surface area contributed by atoms with Crippen molar-refractivity contribution in [3.8, 4) is 0 Å². The van der Waals surface area contributed by atoms with Gasteiger partial charge in [0.15, 0.2) is 5.13 Å². The first-order valence-electron chi connectivity index (χ1n) is 7.59. The molecule has 3 rings (SSSR count). The molecule has 0 bridgehead atoms. The highest BCUT2D eigenvalue weighted by atomic mass is 32.1. The lowest BCUT2D eigenvalue weighted by molar-refractivity contribution is -0.140. The predicted molar refractivity (Wildman–Crippen MR) is 79.5 cm³/mol. The smallest absolute Gasteiger partial charge is 0.378 e. The Labute approximate surface area is 136 Å². The van der Waals surface area contributed by atoms with Crippen LogP contribution in [0, 0.1) is 5.92 Å². The van der Waals surface area contributed by atoms with Crippen LogP contribution < -0.4 is 4.90 Å². The zero-order chi connectivity index (χ0) is 16.4. The van der Waals surface area contributed by atoms with E-state index in [0.29, 0.717) is 55.9 Å². The minimum absolute atomic E-state index is 0.0746. The number of nitrogens with zero attached hydrogens (tertiary/aromatic N) is 3. The Balaban J connectivity index is 1.66. The van der Waals surface area contributed by atoms with Gasteiger partial charge in [-0.1, -0.05) is 11.3 Å². The lowest BCUT2D eigenvalue weighted by atomic mass is 9.96. The zero-order valence-electron chi connectivity index (χ0n) is 12.5. The summed E-state index contributed by atoms with van der Waals surface area (Å²) >= 11 is 0.641. The van der Waals surface area contributed by atoms with E-state index in [1.807, 2.05) is 0 Å². The third-order valence-corrected chi connectivity index (χ3v) is 5.24. The van der Waals surface area contributed by atoms with Crippen LogP contribution in [-0.4, -0.2) is 55.2 Å². The van der Waals surface area contributed by atoms with Crippen LogP contribution in [0.3, 0.4) is 0 Å². The SMILES string of the molecule is O=C(C1CCCN(c2ncc(C(F)(F)F)s2)C1)N1CCOCC1. The average Bonchev–Trinajstić information content (AvgIpc) is 3.05. The molecule has 1 atom stereocenters. The quantitative estimate of drug-likeness (QED) is 0.822. The second kappa shape index (κ2) is 6.64. The fraction of sp³-hybridized carbons (Fsp3) is 0.714. The number of rotatable bonds is 2. The Bertz CT molecular complexity index is 558. The van der Waals surface area contributed by atoms with Crippen LogP contribution in [0.1, 0.15) is 17.7 Å². The topological polar surface area (TPSA) is 45.7 Å². The number of carbonyl (C=O) groups is 1. The summed E-state index contributed by atoms with van der Waals surface area (Å²) in [6.07, 6.45) is -1.95. The van der Waals surface area contributed by atoms with Gasteiger partial charge in [0.1, 0.15) is 4.88 Å². The molecule has 3 heterocycles. The van der Waals surface area contributed by atoms with Crippen molar-refractivity contribution in [2.24, 2.45) is 5.92 Å². The van der Waals surface area contributed by atoms with Gasteiger partial charge < -0.3 is 14.5 Å². The Morgan fingerprint density at radius 2 is 2.04 bits per heavy atom. The van der Waals surface area contributed by atoms with Crippen molar-refractivity contribution in [2.45, 2.75) is 19.0 Å². The van der Waals surface area contributed by atoms with Gasteiger partial charge in [-0.15, -0.1) is 0 Å². The minimum atomic E-state index is -4.37. The van der Waals surface area contributed by atoms with E-state index < -0.39 is 11.1 Å². The Morgan fingerprint density at radius 1 is 1.30 bits per heavy atom. The summed E-state index contributed by atoms with van der Waals surface area (Å²) < 4.78 is 43.3. The van der Waals surface area contributed by atoms with Crippen LogP contribution in [0.4, 0.5) is 18.3 Å². The number of ether oxygens (including phenoxy) is 1. The van der Waals surface area contributed by atoms with Crippen molar-refractivity contribution in [1.29, 1.82) is 0 Å². The number of alkyl halides is 3. The van der Waals surface area contributed by atoms with Crippen molar-refractivity contribution in [1.82, 2.24) is 9.88 Å². The second-order valence-corrected chi connectivity index (χ2v) is 6.74. The molecule has 2 saturated heterocycles. The largest absolute Gasteiger partial charge is 0.427 e. The van der Waals surface area contributed by atoms with Crippen LogP contribution in [0.25, 0.3) is 0 Å². The predicted octanol–water partition coefficient (Wildman–Crippen LogP) is 2.24. The third-order valence-electron chi connectivity index (χ3n) is 4.14. The fourth-order valence-corrected chi connectivity index (χ4v) is 3.75. The maximum Gasteiger partial charge on any atom is 0.427 e. The molecule has 2 fully saturated rings. The molecule has 2 aliphatic rings. The number of thiazole rings is 1. The van der Waals surface area contributed by atoms with E-state index in [-0.39, 0.29) is 11.8 Å². The van der Waals surface area contributed by atoms with E-state index in [4.69, 9.17) is 4.74 Å². The molecule has 0 spiro atoms. The highest BCUT2D eigenvalue weighted by molar-refractivity contribution is 7.15. The van der Waals surface area contributed by atoms with Crippen molar-refractivity contribution < 1.29 is 22.7 Å². The number of carbonyl (C=O) groups excluding carboxylic acids is 1. The monoisotopic (exact) mass is 349 g/mol. The molecule has 0 aliphatic carbocycles. The first kappa shape index (κ1) is 16.5. The molecule has 23 heavy (non-hydrogen) atoms. The molecule has 128 valence electrons. The Hall–Kier alpha value is -1.35. The molecule has 0 saturated carbocycles. The van der Waals surface area contributed by atoms with Gasteiger partial charge in [-0.3, -0.25) is 4.79 Å². The molecule has 1 amide bonds. The fourth-order valence-electron chi connectivity index (χ4n) is 2.94. The molecule has 9 heteroatoms. The van der Waals surface area contributed by atoms with Gasteiger partial charge in [-0.2, -0.15) is 13.2 Å². The number of hydrogen-bond acceptors (Lipinski definition) is 5. The summed E-state index contributed by atoms with van der Waals surface area (Å²) in [4.78, 5) is 19.3. The van der Waals surface area contributed by atoms with Gasteiger partial charge in [0, 0.05) is 26.2 Å². The van der Waals surface area contributed by atoms with Gasteiger partial charge in [0.2, 0.25) is 5.91 Å². The summed E-state index contributed by atoms with van der Waals surface area (Å²) in [6, 6.07) is 0. The molecule has 2 aliphatic heterocycles. The highest BCUT2D eigenvalue weighted by Crippen LogP contribution is 2.37. The molecule has 0 N–H and O–H groups in total. The molecule has 1 unspecified atom stereocenters. The first-order chi connectivity index (χ1) is 10.9. The molecule has 0 radical (unpaired) electrons. The van der Waals surface area contributed by atoms with Crippen molar-refractivity contribution in [2.75, 3.05) is 44.3 Å². The molecule has 5 nitrogen and oxygen atoms in total. The van der Waals surface area contributed by atoms with Gasteiger partial charge in [-0.05, 0) is 12.8 Å². The minimum Gasteiger partial charge on any atom is -0.378 e. The highest BCUT2D eigenvalue weighted by Gasteiger charge is 2.35. The standard InChI is InChI=1S/C14H18F3N3O2S/c15-14(16,17)11-8-18-13(23-11)20-3-1-2-10(9-20)12(21)19-4-6-22-7-5-19/h8,10H,1-7,9H2. The number of amides is 1. The number of piperidine rings is 1. The number of halogens is 3. The van der Waals surface area contributed by atoms with Crippen LogP contribution in [0.5, 0.6) is 0 Å². The van der Waals surface area contributed by atoms with Crippen molar-refractivity contribution in [3.63, 3.8) is 0 Å². The van der Waals surface area contributed by atoms with E-state index in [2.05, 4.69) is 4.98 Å². The van der Waals surface area contributed by atoms with Gasteiger partial charge in [-0.25, -0.2) is 4.98 Å². The lowest BCUT2D eigenvalue weighted by Crippen LogP contribution is -2.48. The van der Waals surface area contributed by atoms with Crippen LogP contribution in [-0.2, 0) is 15.7 Å². The number of hydrogen-bond donors (Lipinski definition) is 0. The maximum atomic E-state index is 12.7. The Morgan fingerprint density at radius 3 is 2.70 bits per heavy atom. The van der Waals surface area contributed by atoms with Crippen molar-refractivity contribution in [3.05, 3.63) is 11.1 Å². The zero-order valence-corrected chi connectivity index (χ0v) is 13.3. The van der Waals surface area contributed by atoms with E-state index in [0.717, 1.165) is 19.0 Å². The van der Waals surface area contributed by atoms with Crippen LogP contribution in [0.2, 0.25) is 0 Å². The van der Waals surface area contributed by atoms with Crippen molar-refractivity contribution >= 4 is 22.4 Å². The summed E-state index contributed by atoms with van der Waals surface area (Å²) in [7, 11) is 0. The molecule has 0 aromatic carbocycles. The van der Waals surface area contributed by atoms with E-state index in [1.165, 1.54) is 0 Å². The van der Waals surface area contributed by atoms with Gasteiger partial charge in [0.05, 0.1) is 25.3 Å².